The lowest BCUT2D eigenvalue weighted by molar-refractivity contribution is -0.117. The van der Waals surface area contributed by atoms with Crippen LogP contribution in [-0.2, 0) is 33.9 Å². The second-order valence-electron chi connectivity index (χ2n) is 7.89. The molecule has 0 aliphatic carbocycles. The third kappa shape index (κ3) is 4.69. The number of thioether (sulfide) groups is 1. The number of carbonyl (C=O) groups excluding carboxylic acids is 1. The summed E-state index contributed by atoms with van der Waals surface area (Å²) in [6, 6.07) is 13.1. The molecule has 2 aromatic rings. The molecule has 2 heterocycles. The van der Waals surface area contributed by atoms with E-state index in [1.807, 2.05) is 23.1 Å². The van der Waals surface area contributed by atoms with Gasteiger partial charge in [-0.2, -0.15) is 4.99 Å². The minimum atomic E-state index is -3.11. The molecule has 2 aliphatic heterocycles. The van der Waals surface area contributed by atoms with Crippen molar-refractivity contribution in [3.05, 3.63) is 64.2 Å². The van der Waals surface area contributed by atoms with Gasteiger partial charge in [-0.15, -0.1) is 0 Å². The summed E-state index contributed by atoms with van der Waals surface area (Å²) in [7, 11) is -3.11. The number of aryl methyl sites for hydroxylation is 2. The normalized spacial score (nSPS) is 23.3. The quantitative estimate of drug-likeness (QED) is 0.643. The van der Waals surface area contributed by atoms with Crippen LogP contribution in [0.2, 0.25) is 5.02 Å². The number of rotatable bonds is 5. The first-order valence-electron chi connectivity index (χ1n) is 10.4. The molecule has 31 heavy (non-hydrogen) atoms. The number of amidine groups is 1. The SMILES string of the molecule is CCc1cccc(CC)c1N1C(=NC(=O)Cc2ccc(Cl)cc2)S[C@@H]2CS(=O)(=O)C[C@H]21. The molecule has 2 atom stereocenters. The third-order valence-electron chi connectivity index (χ3n) is 5.76. The smallest absolute Gasteiger partial charge is 0.252 e. The highest BCUT2D eigenvalue weighted by Crippen LogP contribution is 2.43. The second kappa shape index (κ2) is 8.96. The summed E-state index contributed by atoms with van der Waals surface area (Å²) in [5, 5.41) is 1.12. The van der Waals surface area contributed by atoms with Crippen LogP contribution in [0.5, 0.6) is 0 Å². The Morgan fingerprint density at radius 2 is 1.74 bits per heavy atom. The number of anilines is 1. The Morgan fingerprint density at radius 3 is 2.35 bits per heavy atom. The van der Waals surface area contributed by atoms with Crippen LogP contribution in [-0.4, -0.2) is 42.3 Å². The fourth-order valence-electron chi connectivity index (χ4n) is 4.27. The number of fused-ring (bicyclic) bond motifs is 1. The molecule has 0 radical (unpaired) electrons. The summed E-state index contributed by atoms with van der Waals surface area (Å²) < 4.78 is 24.7. The van der Waals surface area contributed by atoms with E-state index in [4.69, 9.17) is 11.6 Å². The lowest BCUT2D eigenvalue weighted by Crippen LogP contribution is -2.39. The molecule has 0 unspecified atom stereocenters. The lowest BCUT2D eigenvalue weighted by Gasteiger charge is -2.29. The number of hydrogen-bond donors (Lipinski definition) is 0. The van der Waals surface area contributed by atoms with Crippen molar-refractivity contribution in [3.8, 4) is 0 Å². The summed E-state index contributed by atoms with van der Waals surface area (Å²) in [6.45, 7) is 4.18. The second-order valence-corrected chi connectivity index (χ2v) is 11.7. The number of amides is 1. The Kier molecular flexibility index (Phi) is 6.47. The third-order valence-corrected chi connectivity index (χ3v) is 9.22. The highest BCUT2D eigenvalue weighted by molar-refractivity contribution is 8.16. The van der Waals surface area contributed by atoms with Crippen LogP contribution in [0.3, 0.4) is 0 Å². The van der Waals surface area contributed by atoms with Gasteiger partial charge in [-0.05, 0) is 41.7 Å². The molecule has 5 nitrogen and oxygen atoms in total. The molecule has 2 aromatic carbocycles. The summed E-state index contributed by atoms with van der Waals surface area (Å²) in [4.78, 5) is 19.3. The molecule has 2 fully saturated rings. The van der Waals surface area contributed by atoms with E-state index in [2.05, 4.69) is 31.0 Å². The van der Waals surface area contributed by atoms with Gasteiger partial charge in [0.2, 0.25) is 0 Å². The molecule has 1 amide bonds. The molecule has 2 aliphatic rings. The number of benzene rings is 2. The van der Waals surface area contributed by atoms with Crippen molar-refractivity contribution >= 4 is 50.0 Å². The predicted octanol–water partition coefficient (Wildman–Crippen LogP) is 4.31. The summed E-state index contributed by atoms with van der Waals surface area (Å²) in [5.74, 6) is -0.0282. The monoisotopic (exact) mass is 476 g/mol. The number of sulfone groups is 1. The minimum Gasteiger partial charge on any atom is -0.315 e. The van der Waals surface area contributed by atoms with E-state index in [-0.39, 0.29) is 35.1 Å². The topological polar surface area (TPSA) is 66.8 Å². The largest absolute Gasteiger partial charge is 0.315 e. The highest BCUT2D eigenvalue weighted by atomic mass is 35.5. The molecule has 0 N–H and O–H groups in total. The minimum absolute atomic E-state index is 0.0935. The van der Waals surface area contributed by atoms with Crippen molar-refractivity contribution in [2.24, 2.45) is 4.99 Å². The maximum absolute atomic E-state index is 12.8. The van der Waals surface area contributed by atoms with Gasteiger partial charge in [0, 0.05) is 16.0 Å². The van der Waals surface area contributed by atoms with Gasteiger partial charge in [-0.1, -0.05) is 67.5 Å². The molecule has 4 rings (SSSR count). The van der Waals surface area contributed by atoms with E-state index in [0.717, 1.165) is 35.2 Å². The van der Waals surface area contributed by atoms with Crippen molar-refractivity contribution in [2.45, 2.75) is 44.4 Å². The first-order valence-corrected chi connectivity index (χ1v) is 13.5. The fourth-order valence-corrected chi connectivity index (χ4v) is 8.32. The van der Waals surface area contributed by atoms with Gasteiger partial charge in [0.15, 0.2) is 15.0 Å². The van der Waals surface area contributed by atoms with E-state index in [1.165, 1.54) is 11.8 Å². The Labute approximate surface area is 192 Å². The molecule has 164 valence electrons. The van der Waals surface area contributed by atoms with E-state index in [9.17, 15) is 13.2 Å². The van der Waals surface area contributed by atoms with Gasteiger partial charge in [-0.3, -0.25) is 4.79 Å². The van der Waals surface area contributed by atoms with Gasteiger partial charge in [-0.25, -0.2) is 8.42 Å². The first kappa shape index (κ1) is 22.4. The zero-order chi connectivity index (χ0) is 22.2. The van der Waals surface area contributed by atoms with Gasteiger partial charge in [0.1, 0.15) is 0 Å². The van der Waals surface area contributed by atoms with Gasteiger partial charge in [0.25, 0.3) is 5.91 Å². The summed E-state index contributed by atoms with van der Waals surface area (Å²) in [5.41, 5.74) is 4.15. The van der Waals surface area contributed by atoms with E-state index in [1.54, 1.807) is 12.1 Å². The Hall–Kier alpha value is -1.83. The summed E-state index contributed by atoms with van der Waals surface area (Å²) >= 11 is 7.36. The van der Waals surface area contributed by atoms with E-state index < -0.39 is 9.84 Å². The molecular formula is C23H25ClN2O3S2. The number of halogens is 1. The molecule has 2 saturated heterocycles. The molecule has 8 heteroatoms. The first-order chi connectivity index (χ1) is 14.8. The molecular weight excluding hydrogens is 452 g/mol. The van der Waals surface area contributed by atoms with Gasteiger partial charge in [0.05, 0.1) is 24.0 Å². The molecule has 0 aromatic heterocycles. The van der Waals surface area contributed by atoms with Crippen molar-refractivity contribution in [1.29, 1.82) is 0 Å². The van der Waals surface area contributed by atoms with Crippen molar-refractivity contribution in [2.75, 3.05) is 16.4 Å². The average molecular weight is 477 g/mol. The van der Waals surface area contributed by atoms with Gasteiger partial charge < -0.3 is 4.90 Å². The molecule has 0 saturated carbocycles. The molecule has 0 bridgehead atoms. The molecule has 0 spiro atoms. The van der Waals surface area contributed by atoms with Crippen LogP contribution in [0.15, 0.2) is 47.5 Å². The zero-order valence-corrected chi connectivity index (χ0v) is 19.9. The summed E-state index contributed by atoms with van der Waals surface area (Å²) in [6.07, 6.45) is 1.82. The van der Waals surface area contributed by atoms with Crippen molar-refractivity contribution in [3.63, 3.8) is 0 Å². The number of carbonyl (C=O) groups is 1. The predicted molar refractivity (Wildman–Crippen MR) is 129 cm³/mol. The maximum Gasteiger partial charge on any atom is 0.252 e. The number of hydrogen-bond acceptors (Lipinski definition) is 4. The van der Waals surface area contributed by atoms with E-state index in [0.29, 0.717) is 10.2 Å². The number of nitrogens with zero attached hydrogens (tertiary/aromatic N) is 2. The standard InChI is InChI=1S/C23H25ClN2O3S2/c1-3-16-6-5-7-17(4-2)22(16)26-19-13-31(28,29)14-20(19)30-23(26)25-21(27)12-15-8-10-18(24)11-9-15/h5-11,19-20H,3-4,12-14H2,1-2H3/t19-,20-/m1/s1. The van der Waals surface area contributed by atoms with Crippen LogP contribution in [0.1, 0.15) is 30.5 Å². The van der Waals surface area contributed by atoms with Crippen molar-refractivity contribution in [1.82, 2.24) is 0 Å². The fraction of sp³-hybridized carbons (Fsp3) is 0.391. The Balaban J connectivity index is 1.73. The number of para-hydroxylation sites is 1. The highest BCUT2D eigenvalue weighted by Gasteiger charge is 2.50. The number of aliphatic imine (C=N–C) groups is 1. The lowest BCUT2D eigenvalue weighted by atomic mass is 10.0. The van der Waals surface area contributed by atoms with Gasteiger partial charge >= 0.3 is 0 Å². The Morgan fingerprint density at radius 1 is 1.10 bits per heavy atom. The van der Waals surface area contributed by atoms with Crippen LogP contribution >= 0.6 is 23.4 Å². The maximum atomic E-state index is 12.8. The van der Waals surface area contributed by atoms with Crippen LogP contribution in [0, 0.1) is 0 Å². The average Bonchev–Trinajstić information content (AvgIpc) is 3.19. The van der Waals surface area contributed by atoms with E-state index >= 15 is 0 Å². The Bertz CT molecular complexity index is 1110. The van der Waals surface area contributed by atoms with Crippen molar-refractivity contribution < 1.29 is 13.2 Å². The zero-order valence-electron chi connectivity index (χ0n) is 17.5. The van der Waals surface area contributed by atoms with Crippen LogP contribution < -0.4 is 4.90 Å². The van der Waals surface area contributed by atoms with Crippen LogP contribution in [0.4, 0.5) is 5.69 Å². The van der Waals surface area contributed by atoms with Crippen LogP contribution in [0.25, 0.3) is 0 Å².